The van der Waals surface area contributed by atoms with Gasteiger partial charge in [0.25, 0.3) is 5.91 Å². The highest BCUT2D eigenvalue weighted by Gasteiger charge is 2.40. The summed E-state index contributed by atoms with van der Waals surface area (Å²) in [4.78, 5) is 30.6. The Hall–Kier alpha value is -2.71. The normalized spacial score (nSPS) is 16.3. The lowest BCUT2D eigenvalue weighted by atomic mass is 10.0. The molecule has 2 aromatic rings. The van der Waals surface area contributed by atoms with E-state index < -0.39 is 12.0 Å². The average Bonchev–Trinajstić information content (AvgIpc) is 2.99. The minimum Gasteiger partial charge on any atom is -0.491 e. The molecule has 0 aliphatic carbocycles. The minimum absolute atomic E-state index is 0.116. The quantitative estimate of drug-likeness (QED) is 0.418. The first-order valence-corrected chi connectivity index (χ1v) is 11.6. The number of aliphatic carboxylic acids is 1. The van der Waals surface area contributed by atoms with Crippen LogP contribution in [0.2, 0.25) is 0 Å². The Bertz CT molecular complexity index is 1030. The summed E-state index contributed by atoms with van der Waals surface area (Å²) in [5, 5.41) is 9.59. The number of hydrogen-bond donors (Lipinski definition) is 1. The van der Waals surface area contributed by atoms with Gasteiger partial charge in [0, 0.05) is 11.8 Å². The SMILES string of the molecule is CC(C)C[C@@H](C(=O)O)N1C(=O)/C(=C\c2ccc(-c3ccc(OC(C)C)cc3)cn2)SC1=S. The number of ether oxygens (including phenoxy) is 1. The van der Waals surface area contributed by atoms with Gasteiger partial charge < -0.3 is 9.84 Å². The Balaban J connectivity index is 1.77. The van der Waals surface area contributed by atoms with Crippen LogP contribution in [0.25, 0.3) is 17.2 Å². The Kier molecular flexibility index (Phi) is 7.69. The van der Waals surface area contributed by atoms with Crippen LogP contribution in [0.4, 0.5) is 0 Å². The third-order valence-electron chi connectivity index (χ3n) is 4.74. The monoisotopic (exact) mass is 470 g/mol. The van der Waals surface area contributed by atoms with Gasteiger partial charge in [-0.3, -0.25) is 14.7 Å². The van der Waals surface area contributed by atoms with Gasteiger partial charge in [-0.2, -0.15) is 0 Å². The molecule has 1 aromatic heterocycles. The van der Waals surface area contributed by atoms with Gasteiger partial charge in [0.05, 0.1) is 16.7 Å². The average molecular weight is 471 g/mol. The van der Waals surface area contributed by atoms with Crippen LogP contribution in [0, 0.1) is 5.92 Å². The molecule has 1 atom stereocenters. The largest absolute Gasteiger partial charge is 0.491 e. The molecule has 3 rings (SSSR count). The van der Waals surface area contributed by atoms with Gasteiger partial charge in [-0.25, -0.2) is 4.79 Å². The maximum atomic E-state index is 12.9. The second-order valence-corrected chi connectivity index (χ2v) is 9.87. The van der Waals surface area contributed by atoms with Crippen LogP contribution >= 0.6 is 24.0 Å². The van der Waals surface area contributed by atoms with Gasteiger partial charge in [-0.15, -0.1) is 0 Å². The molecule has 32 heavy (non-hydrogen) atoms. The van der Waals surface area contributed by atoms with Crippen molar-refractivity contribution in [2.75, 3.05) is 0 Å². The molecule has 8 heteroatoms. The molecule has 1 aliphatic heterocycles. The van der Waals surface area contributed by atoms with Crippen LogP contribution in [-0.2, 0) is 9.59 Å². The number of amides is 1. The Morgan fingerprint density at radius 1 is 1.16 bits per heavy atom. The van der Waals surface area contributed by atoms with Gasteiger partial charge in [-0.1, -0.05) is 56.0 Å². The van der Waals surface area contributed by atoms with Crippen molar-refractivity contribution >= 4 is 46.3 Å². The van der Waals surface area contributed by atoms with Crippen molar-refractivity contribution in [1.29, 1.82) is 0 Å². The summed E-state index contributed by atoms with van der Waals surface area (Å²) < 4.78 is 5.93. The smallest absolute Gasteiger partial charge is 0.326 e. The summed E-state index contributed by atoms with van der Waals surface area (Å²) in [6, 6.07) is 10.6. The highest BCUT2D eigenvalue weighted by atomic mass is 32.2. The van der Waals surface area contributed by atoms with Gasteiger partial charge in [0.15, 0.2) is 0 Å². The number of carboxylic acid groups (broad SMARTS) is 1. The standard InChI is InChI=1S/C24H26N2O4S2/c1-14(2)11-20(23(28)29)26-22(27)21(32-24(26)31)12-18-8-5-17(13-25-18)16-6-9-19(10-7-16)30-15(3)4/h5-10,12-15,20H,11H2,1-4H3,(H,28,29)/b21-12+/t20-/m0/s1. The van der Waals surface area contributed by atoms with E-state index in [4.69, 9.17) is 17.0 Å². The first-order chi connectivity index (χ1) is 15.2. The minimum atomic E-state index is -1.05. The van der Waals surface area contributed by atoms with Gasteiger partial charge in [-0.05, 0) is 56.0 Å². The third kappa shape index (κ3) is 5.75. The fourth-order valence-corrected chi connectivity index (χ4v) is 4.65. The lowest BCUT2D eigenvalue weighted by Gasteiger charge is -2.24. The summed E-state index contributed by atoms with van der Waals surface area (Å²) in [6.07, 6.45) is 3.84. The third-order valence-corrected chi connectivity index (χ3v) is 6.07. The van der Waals surface area contributed by atoms with Crippen molar-refractivity contribution in [3.8, 4) is 16.9 Å². The van der Waals surface area contributed by atoms with E-state index >= 15 is 0 Å². The summed E-state index contributed by atoms with van der Waals surface area (Å²) in [7, 11) is 0. The van der Waals surface area contributed by atoms with Crippen molar-refractivity contribution < 1.29 is 19.4 Å². The number of nitrogens with zero attached hydrogens (tertiary/aromatic N) is 2. The molecule has 1 N–H and O–H groups in total. The van der Waals surface area contributed by atoms with E-state index in [1.165, 1.54) is 4.90 Å². The number of pyridine rings is 1. The zero-order valence-electron chi connectivity index (χ0n) is 18.4. The molecule has 6 nitrogen and oxygen atoms in total. The number of aromatic nitrogens is 1. The second kappa shape index (κ2) is 10.3. The fourth-order valence-electron chi connectivity index (χ4n) is 3.31. The zero-order valence-corrected chi connectivity index (χ0v) is 20.1. The lowest BCUT2D eigenvalue weighted by molar-refractivity contribution is -0.145. The molecule has 1 fully saturated rings. The van der Waals surface area contributed by atoms with Crippen molar-refractivity contribution in [3.05, 3.63) is 53.2 Å². The molecular weight excluding hydrogens is 444 g/mol. The van der Waals surface area contributed by atoms with Gasteiger partial charge in [0.1, 0.15) is 16.1 Å². The number of benzene rings is 1. The molecule has 0 spiro atoms. The topological polar surface area (TPSA) is 79.7 Å². The lowest BCUT2D eigenvalue weighted by Crippen LogP contribution is -2.44. The highest BCUT2D eigenvalue weighted by Crippen LogP contribution is 2.35. The Labute approximate surface area is 197 Å². The van der Waals surface area contributed by atoms with Gasteiger partial charge >= 0.3 is 5.97 Å². The molecule has 0 unspecified atom stereocenters. The van der Waals surface area contributed by atoms with Crippen LogP contribution in [0.15, 0.2) is 47.5 Å². The van der Waals surface area contributed by atoms with E-state index in [1.54, 1.807) is 12.3 Å². The first kappa shape index (κ1) is 23.9. The van der Waals surface area contributed by atoms with Crippen molar-refractivity contribution in [3.63, 3.8) is 0 Å². The Morgan fingerprint density at radius 2 is 1.81 bits per heavy atom. The maximum absolute atomic E-state index is 12.9. The number of carboxylic acids is 1. The van der Waals surface area contributed by atoms with Crippen LogP contribution in [0.3, 0.4) is 0 Å². The molecule has 1 aliphatic rings. The van der Waals surface area contributed by atoms with Crippen molar-refractivity contribution in [2.45, 2.75) is 46.3 Å². The number of thioether (sulfide) groups is 1. The Morgan fingerprint density at radius 3 is 2.34 bits per heavy atom. The fraction of sp³-hybridized carbons (Fsp3) is 0.333. The van der Waals surface area contributed by atoms with E-state index in [0.717, 1.165) is 28.6 Å². The van der Waals surface area contributed by atoms with E-state index in [1.807, 2.05) is 64.1 Å². The molecule has 0 radical (unpaired) electrons. The summed E-state index contributed by atoms with van der Waals surface area (Å²) >= 11 is 6.42. The zero-order chi connectivity index (χ0) is 23.4. The van der Waals surface area contributed by atoms with E-state index in [2.05, 4.69) is 4.98 Å². The molecule has 1 amide bonds. The van der Waals surface area contributed by atoms with Gasteiger partial charge in [0.2, 0.25) is 0 Å². The molecule has 0 saturated carbocycles. The highest BCUT2D eigenvalue weighted by molar-refractivity contribution is 8.26. The molecular formula is C24H26N2O4S2. The van der Waals surface area contributed by atoms with Crippen LogP contribution < -0.4 is 4.74 Å². The molecule has 0 bridgehead atoms. The predicted octanol–water partition coefficient (Wildman–Crippen LogP) is 5.24. The summed E-state index contributed by atoms with van der Waals surface area (Å²) in [6.45, 7) is 7.80. The first-order valence-electron chi connectivity index (χ1n) is 10.4. The molecule has 1 aromatic carbocycles. The van der Waals surface area contributed by atoms with Crippen LogP contribution in [-0.4, -0.2) is 43.3 Å². The predicted molar refractivity (Wildman–Crippen MR) is 131 cm³/mol. The number of rotatable bonds is 8. The molecule has 1 saturated heterocycles. The second-order valence-electron chi connectivity index (χ2n) is 8.20. The maximum Gasteiger partial charge on any atom is 0.326 e. The number of hydrogen-bond acceptors (Lipinski definition) is 6. The van der Waals surface area contributed by atoms with Crippen molar-refractivity contribution in [1.82, 2.24) is 9.88 Å². The number of carbonyl (C=O) groups is 2. The van der Waals surface area contributed by atoms with Crippen LogP contribution in [0.5, 0.6) is 5.75 Å². The summed E-state index contributed by atoms with van der Waals surface area (Å²) in [5.41, 5.74) is 2.54. The molecule has 2 heterocycles. The number of carbonyl (C=O) groups excluding carboxylic acids is 1. The van der Waals surface area contributed by atoms with E-state index in [0.29, 0.717) is 17.0 Å². The van der Waals surface area contributed by atoms with Crippen LogP contribution in [0.1, 0.15) is 39.8 Å². The molecule has 168 valence electrons. The summed E-state index contributed by atoms with van der Waals surface area (Å²) in [5.74, 6) is -0.513. The number of thiocarbonyl (C=S) groups is 1. The van der Waals surface area contributed by atoms with E-state index in [9.17, 15) is 14.7 Å². The van der Waals surface area contributed by atoms with Crippen molar-refractivity contribution in [2.24, 2.45) is 5.92 Å². The van der Waals surface area contributed by atoms with E-state index in [-0.39, 0.29) is 22.2 Å².